The molecule has 0 bridgehead atoms. The molecule has 0 atom stereocenters. The highest BCUT2D eigenvalue weighted by Gasteiger charge is 2.51. The van der Waals surface area contributed by atoms with E-state index in [0.29, 0.717) is 0 Å². The fraction of sp³-hybridized carbons (Fsp3) is 0.0175. The van der Waals surface area contributed by atoms with Gasteiger partial charge in [-0.15, -0.1) is 22.7 Å². The Hall–Kier alpha value is -7.44. The molecule has 0 unspecified atom stereocenters. The molecule has 2 aliphatic rings. The number of aromatic nitrogens is 2. The number of hydrogen-bond donors (Lipinski definition) is 0. The van der Waals surface area contributed by atoms with Crippen molar-refractivity contribution in [3.8, 4) is 77.1 Å². The van der Waals surface area contributed by atoms with E-state index in [9.17, 15) is 0 Å². The maximum absolute atomic E-state index is 6.56. The fourth-order valence-corrected chi connectivity index (χ4v) is 11.8. The minimum atomic E-state index is -0.488. The molecular formula is C57H34N2OS2. The Kier molecular flexibility index (Phi) is 7.86. The fourth-order valence-electron chi connectivity index (χ4n) is 9.87. The number of nitrogens with zero attached hydrogens (tertiary/aromatic N) is 2. The van der Waals surface area contributed by atoms with E-state index in [-0.39, 0.29) is 0 Å². The van der Waals surface area contributed by atoms with Crippen LogP contribution in [0.15, 0.2) is 206 Å². The van der Waals surface area contributed by atoms with Crippen molar-refractivity contribution in [1.29, 1.82) is 0 Å². The zero-order valence-corrected chi connectivity index (χ0v) is 34.9. The lowest BCUT2D eigenvalue weighted by Gasteiger charge is -2.39. The Morgan fingerprint density at radius 1 is 0.339 bits per heavy atom. The minimum Gasteiger partial charge on any atom is -0.457 e. The molecule has 2 aromatic heterocycles. The topological polar surface area (TPSA) is 35.0 Å². The number of hydrogen-bond acceptors (Lipinski definition) is 5. The van der Waals surface area contributed by atoms with E-state index in [0.717, 1.165) is 54.8 Å². The first-order valence-corrected chi connectivity index (χ1v) is 22.5. The molecule has 0 amide bonds. The molecule has 290 valence electrons. The molecule has 11 aromatic rings. The highest BCUT2D eigenvalue weighted by molar-refractivity contribution is 7.22. The van der Waals surface area contributed by atoms with Crippen molar-refractivity contribution in [3.63, 3.8) is 0 Å². The summed E-state index contributed by atoms with van der Waals surface area (Å²) in [6, 6.07) is 74.4. The summed E-state index contributed by atoms with van der Waals surface area (Å²) in [5.41, 5.74) is 18.3. The van der Waals surface area contributed by atoms with Crippen LogP contribution >= 0.6 is 22.7 Å². The summed E-state index contributed by atoms with van der Waals surface area (Å²) in [5, 5.41) is 2.02. The van der Waals surface area contributed by atoms with Crippen LogP contribution in [-0.2, 0) is 5.41 Å². The van der Waals surface area contributed by atoms with Gasteiger partial charge in [-0.05, 0) is 110 Å². The molecule has 62 heavy (non-hydrogen) atoms. The molecule has 0 radical (unpaired) electrons. The van der Waals surface area contributed by atoms with Crippen LogP contribution in [0.5, 0.6) is 11.5 Å². The van der Waals surface area contributed by atoms with E-state index in [2.05, 4.69) is 206 Å². The zero-order chi connectivity index (χ0) is 40.8. The van der Waals surface area contributed by atoms with Gasteiger partial charge < -0.3 is 4.74 Å². The molecule has 3 nitrogen and oxygen atoms in total. The summed E-state index contributed by atoms with van der Waals surface area (Å²) in [4.78, 5) is 10.1. The van der Waals surface area contributed by atoms with Crippen molar-refractivity contribution in [3.05, 3.63) is 229 Å². The molecule has 5 heteroatoms. The highest BCUT2D eigenvalue weighted by Crippen LogP contribution is 2.63. The number of fused-ring (bicyclic) bond motifs is 11. The summed E-state index contributed by atoms with van der Waals surface area (Å²) in [5.74, 6) is 1.81. The smallest absolute Gasteiger partial charge is 0.132 e. The van der Waals surface area contributed by atoms with Crippen LogP contribution < -0.4 is 4.74 Å². The first kappa shape index (κ1) is 35.3. The van der Waals surface area contributed by atoms with Gasteiger partial charge in [-0.25, -0.2) is 9.97 Å². The summed E-state index contributed by atoms with van der Waals surface area (Å²) < 4.78 is 8.93. The van der Waals surface area contributed by atoms with Crippen LogP contribution in [0, 0.1) is 0 Å². The Balaban J connectivity index is 0.876. The number of rotatable bonds is 5. The van der Waals surface area contributed by atoms with Crippen LogP contribution in [0.3, 0.4) is 0 Å². The van der Waals surface area contributed by atoms with E-state index in [4.69, 9.17) is 14.7 Å². The number of benzene rings is 9. The van der Waals surface area contributed by atoms with Gasteiger partial charge in [0.15, 0.2) is 0 Å². The van der Waals surface area contributed by atoms with Crippen molar-refractivity contribution >= 4 is 43.1 Å². The van der Waals surface area contributed by atoms with Crippen LogP contribution in [-0.4, -0.2) is 9.97 Å². The largest absolute Gasteiger partial charge is 0.457 e. The van der Waals surface area contributed by atoms with Gasteiger partial charge in [0.2, 0.25) is 0 Å². The van der Waals surface area contributed by atoms with Crippen molar-refractivity contribution in [1.82, 2.24) is 9.97 Å². The maximum Gasteiger partial charge on any atom is 0.132 e. The van der Waals surface area contributed by atoms with E-state index in [1.165, 1.54) is 65.0 Å². The predicted octanol–water partition coefficient (Wildman–Crippen LogP) is 15.7. The van der Waals surface area contributed by atoms with E-state index in [1.54, 1.807) is 22.7 Å². The average Bonchev–Trinajstić information content (AvgIpc) is 4.06. The minimum absolute atomic E-state index is 0.488. The van der Waals surface area contributed by atoms with Gasteiger partial charge in [0.05, 0.1) is 25.8 Å². The normalized spacial score (nSPS) is 13.1. The van der Waals surface area contributed by atoms with Gasteiger partial charge in [-0.2, -0.15) is 0 Å². The van der Waals surface area contributed by atoms with E-state index in [1.807, 2.05) is 0 Å². The number of para-hydroxylation sites is 4. The second-order valence-corrected chi connectivity index (χ2v) is 18.1. The van der Waals surface area contributed by atoms with Gasteiger partial charge in [0.1, 0.15) is 21.5 Å². The van der Waals surface area contributed by atoms with Crippen molar-refractivity contribution in [2.24, 2.45) is 0 Å². The van der Waals surface area contributed by atoms with Crippen molar-refractivity contribution in [2.45, 2.75) is 5.41 Å². The van der Waals surface area contributed by atoms with Crippen LogP contribution in [0.1, 0.15) is 22.3 Å². The summed E-state index contributed by atoms with van der Waals surface area (Å²) in [6.07, 6.45) is 0. The molecule has 13 rings (SSSR count). The second-order valence-electron chi connectivity index (χ2n) is 16.0. The monoisotopic (exact) mass is 826 g/mol. The summed E-state index contributed by atoms with van der Waals surface area (Å²) in [7, 11) is 0. The second kappa shape index (κ2) is 13.8. The van der Waals surface area contributed by atoms with Crippen LogP contribution in [0.2, 0.25) is 0 Å². The van der Waals surface area contributed by atoms with Gasteiger partial charge in [0.25, 0.3) is 0 Å². The van der Waals surface area contributed by atoms with Gasteiger partial charge >= 0.3 is 0 Å². The molecule has 0 N–H and O–H groups in total. The molecule has 1 aliphatic heterocycles. The third kappa shape index (κ3) is 5.35. The average molecular weight is 827 g/mol. The lowest BCUT2D eigenvalue weighted by Crippen LogP contribution is -2.32. The molecule has 1 spiro atoms. The zero-order valence-electron chi connectivity index (χ0n) is 33.2. The number of thiazole rings is 2. The third-order valence-electron chi connectivity index (χ3n) is 12.6. The lowest BCUT2D eigenvalue weighted by molar-refractivity contribution is 0.436. The highest BCUT2D eigenvalue weighted by atomic mass is 32.1. The molecule has 3 heterocycles. The predicted molar refractivity (Wildman–Crippen MR) is 257 cm³/mol. The third-order valence-corrected chi connectivity index (χ3v) is 14.8. The summed E-state index contributed by atoms with van der Waals surface area (Å²) in [6.45, 7) is 0. The Morgan fingerprint density at radius 2 is 0.774 bits per heavy atom. The van der Waals surface area contributed by atoms with E-state index < -0.39 is 5.41 Å². The van der Waals surface area contributed by atoms with Crippen molar-refractivity contribution < 1.29 is 4.74 Å². The first-order valence-electron chi connectivity index (χ1n) is 20.9. The lowest BCUT2D eigenvalue weighted by atomic mass is 9.66. The Morgan fingerprint density at radius 3 is 1.35 bits per heavy atom. The van der Waals surface area contributed by atoms with Crippen LogP contribution in [0.25, 0.3) is 86.1 Å². The SMILES string of the molecule is c1ccc2c(c1)Oc1ccccc1C21c2ccccc2-c2c(-c3ccc(-c4ccc(-c5cc(-c6nc7ccccc7s6)cc(-c6nc7ccccc7s6)c5)cc4)cc3)cccc21. The van der Waals surface area contributed by atoms with Gasteiger partial charge in [-0.3, -0.25) is 0 Å². The standard InChI is InChI=1S/C57H34N2OS2/c1-2-14-44-43(12-1)54-42(13-11-17-47(54)57(44)45-15-3-7-20-50(45)60-51-21-8-4-16-46(51)57)38-30-28-36(29-31-38)35-24-26-37(27-25-35)39-32-40(55-58-48-18-5-9-22-52(48)61-55)34-41(33-39)56-59-49-19-6-10-23-53(49)62-56/h1-34H. The van der Waals surface area contributed by atoms with Crippen molar-refractivity contribution in [2.75, 3.05) is 0 Å². The van der Waals surface area contributed by atoms with Crippen LogP contribution in [0.4, 0.5) is 0 Å². The molecular weight excluding hydrogens is 793 g/mol. The molecule has 0 fully saturated rings. The molecule has 0 saturated carbocycles. The molecule has 0 saturated heterocycles. The molecule has 9 aromatic carbocycles. The Bertz CT molecular complexity index is 3360. The van der Waals surface area contributed by atoms with Gasteiger partial charge in [-0.1, -0.05) is 152 Å². The Labute approximate surface area is 366 Å². The van der Waals surface area contributed by atoms with Gasteiger partial charge in [0, 0.05) is 22.3 Å². The maximum atomic E-state index is 6.56. The van der Waals surface area contributed by atoms with E-state index >= 15 is 0 Å². The summed E-state index contributed by atoms with van der Waals surface area (Å²) >= 11 is 3.47. The quantitative estimate of drug-likeness (QED) is 0.173. The molecule has 1 aliphatic carbocycles. The first-order chi connectivity index (χ1) is 30.7. The number of ether oxygens (including phenoxy) is 1.